The number of carboxylic acid groups (broad SMARTS) is 1. The Hall–Kier alpha value is -1.31. The summed E-state index contributed by atoms with van der Waals surface area (Å²) in [5, 5.41) is 35.6. The molecule has 0 aromatic rings. The third-order valence-electron chi connectivity index (χ3n) is 2.07. The third kappa shape index (κ3) is 3.37. The smallest absolute Gasteiger partial charge is 0.332 e. The highest BCUT2D eigenvalue weighted by molar-refractivity contribution is 6.11. The van der Waals surface area contributed by atoms with Crippen LogP contribution in [0, 0.1) is 0 Å². The molecule has 7 heteroatoms. The van der Waals surface area contributed by atoms with Crippen molar-refractivity contribution in [3.63, 3.8) is 0 Å². The van der Waals surface area contributed by atoms with E-state index in [2.05, 4.69) is 0 Å². The molecule has 0 aliphatic rings. The molecule has 16 heavy (non-hydrogen) atoms. The van der Waals surface area contributed by atoms with Crippen LogP contribution in [0.1, 0.15) is 20.3 Å². The van der Waals surface area contributed by atoms with Gasteiger partial charge in [0, 0.05) is 6.42 Å². The first-order chi connectivity index (χ1) is 7.10. The van der Waals surface area contributed by atoms with Gasteiger partial charge in [0.05, 0.1) is 0 Å². The fourth-order valence-electron chi connectivity index (χ4n) is 1.01. The average Bonchev–Trinajstić information content (AvgIpc) is 2.15. The van der Waals surface area contributed by atoms with Crippen LogP contribution < -0.4 is 0 Å². The molecule has 0 radical (unpaired) electrons. The highest BCUT2D eigenvalue weighted by Crippen LogP contribution is 2.13. The lowest BCUT2D eigenvalue weighted by atomic mass is 9.89. The minimum atomic E-state index is -2.50. The topological polar surface area (TPSA) is 132 Å². The van der Waals surface area contributed by atoms with Crippen molar-refractivity contribution >= 4 is 17.5 Å². The molecule has 0 amide bonds. The Kier molecular flexibility index (Phi) is 4.73. The van der Waals surface area contributed by atoms with E-state index in [-0.39, 0.29) is 0 Å². The van der Waals surface area contributed by atoms with Crippen molar-refractivity contribution in [3.8, 4) is 0 Å². The van der Waals surface area contributed by atoms with Crippen LogP contribution in [-0.4, -0.2) is 55.8 Å². The van der Waals surface area contributed by atoms with Gasteiger partial charge in [-0.05, 0) is 13.8 Å². The highest BCUT2D eigenvalue weighted by atomic mass is 16.4. The van der Waals surface area contributed by atoms with Gasteiger partial charge in [0.25, 0.3) is 0 Å². The van der Waals surface area contributed by atoms with Gasteiger partial charge in [0.2, 0.25) is 0 Å². The second-order valence-corrected chi connectivity index (χ2v) is 3.59. The molecule has 7 nitrogen and oxygen atoms in total. The Morgan fingerprint density at radius 2 is 1.69 bits per heavy atom. The van der Waals surface area contributed by atoms with Crippen LogP contribution in [0.5, 0.6) is 0 Å². The van der Waals surface area contributed by atoms with Crippen LogP contribution in [0.2, 0.25) is 0 Å². The molecule has 0 aliphatic heterocycles. The Morgan fingerprint density at radius 1 is 1.25 bits per heavy atom. The van der Waals surface area contributed by atoms with Crippen LogP contribution in [0.4, 0.5) is 0 Å². The maximum atomic E-state index is 11.3. The molecule has 0 aromatic heterocycles. The minimum absolute atomic E-state index is 0.846. The molecule has 3 atom stereocenters. The number of Topliss-reactive ketones (excluding diaryl/α,β-unsaturated/α-hetero) is 2. The Labute approximate surface area is 91.3 Å². The predicted molar refractivity (Wildman–Crippen MR) is 50.6 cm³/mol. The summed E-state index contributed by atoms with van der Waals surface area (Å²) >= 11 is 0. The molecule has 0 fully saturated rings. The summed E-state index contributed by atoms with van der Waals surface area (Å²) in [4.78, 5) is 32.8. The Morgan fingerprint density at radius 3 is 2.00 bits per heavy atom. The molecule has 0 saturated heterocycles. The Bertz CT molecular complexity index is 305. The van der Waals surface area contributed by atoms with Gasteiger partial charge in [-0.25, -0.2) is 4.79 Å². The normalized spacial score (nSPS) is 18.3. The second kappa shape index (κ2) is 5.15. The van der Waals surface area contributed by atoms with Crippen molar-refractivity contribution in [1.82, 2.24) is 0 Å². The molecule has 0 saturated carbocycles. The SMILES string of the molecule is CC(O)C(=O)C(C)(O)C(=O)CC(O)C(=O)O. The zero-order chi connectivity index (χ0) is 13.1. The van der Waals surface area contributed by atoms with Crippen LogP contribution in [0.25, 0.3) is 0 Å². The maximum Gasteiger partial charge on any atom is 0.332 e. The summed E-state index contributed by atoms with van der Waals surface area (Å²) in [5.41, 5.74) is -2.50. The molecule has 0 aromatic carbocycles. The fraction of sp³-hybridized carbons (Fsp3) is 0.667. The van der Waals surface area contributed by atoms with E-state index in [1.807, 2.05) is 0 Å². The number of hydrogen-bond donors (Lipinski definition) is 4. The van der Waals surface area contributed by atoms with E-state index >= 15 is 0 Å². The van der Waals surface area contributed by atoms with Gasteiger partial charge in [-0.2, -0.15) is 0 Å². The first-order valence-corrected chi connectivity index (χ1v) is 4.49. The fourth-order valence-corrected chi connectivity index (χ4v) is 1.01. The number of carbonyl (C=O) groups is 3. The van der Waals surface area contributed by atoms with Crippen LogP contribution >= 0.6 is 0 Å². The lowest BCUT2D eigenvalue weighted by Crippen LogP contribution is -2.49. The molecule has 92 valence electrons. The zero-order valence-electron chi connectivity index (χ0n) is 8.88. The van der Waals surface area contributed by atoms with Crippen molar-refractivity contribution in [2.75, 3.05) is 0 Å². The lowest BCUT2D eigenvalue weighted by molar-refractivity contribution is -0.158. The van der Waals surface area contributed by atoms with Gasteiger partial charge in [0.1, 0.15) is 6.10 Å². The van der Waals surface area contributed by atoms with Gasteiger partial charge in [-0.15, -0.1) is 0 Å². The highest BCUT2D eigenvalue weighted by Gasteiger charge is 2.41. The van der Waals surface area contributed by atoms with E-state index in [9.17, 15) is 19.5 Å². The standard InChI is InChI=1S/C9H14O7/c1-4(10)7(13)9(2,16)6(12)3-5(11)8(14)15/h4-5,10-11,16H,3H2,1-2H3,(H,14,15). The monoisotopic (exact) mass is 234 g/mol. The van der Waals surface area contributed by atoms with Gasteiger partial charge >= 0.3 is 5.97 Å². The van der Waals surface area contributed by atoms with Crippen molar-refractivity contribution in [2.24, 2.45) is 0 Å². The number of ketones is 2. The quantitative estimate of drug-likeness (QED) is 0.394. The molecule has 4 N–H and O–H groups in total. The molecule has 0 bridgehead atoms. The first-order valence-electron chi connectivity index (χ1n) is 4.49. The number of carboxylic acids is 1. The summed E-state index contributed by atoms with van der Waals surface area (Å²) in [7, 11) is 0. The number of rotatable bonds is 6. The van der Waals surface area contributed by atoms with E-state index in [4.69, 9.17) is 15.3 Å². The second-order valence-electron chi connectivity index (χ2n) is 3.59. The van der Waals surface area contributed by atoms with Gasteiger partial charge in [-0.3, -0.25) is 9.59 Å². The summed E-state index contributed by atoms with van der Waals surface area (Å²) in [5.74, 6) is -3.93. The Balaban J connectivity index is 4.71. The van der Waals surface area contributed by atoms with Crippen molar-refractivity contribution in [1.29, 1.82) is 0 Å². The van der Waals surface area contributed by atoms with E-state index in [1.54, 1.807) is 0 Å². The molecule has 0 spiro atoms. The van der Waals surface area contributed by atoms with E-state index in [0.29, 0.717) is 0 Å². The van der Waals surface area contributed by atoms with Crippen LogP contribution in [0.3, 0.4) is 0 Å². The third-order valence-corrected chi connectivity index (χ3v) is 2.07. The van der Waals surface area contributed by atoms with Crippen molar-refractivity contribution < 1.29 is 34.8 Å². The molecular formula is C9H14O7. The molecule has 0 heterocycles. The molecule has 0 rings (SSSR count). The van der Waals surface area contributed by atoms with Crippen LogP contribution in [-0.2, 0) is 14.4 Å². The predicted octanol–water partition coefficient (Wildman–Crippen LogP) is -1.91. The largest absolute Gasteiger partial charge is 0.479 e. The van der Waals surface area contributed by atoms with Gasteiger partial charge in [0.15, 0.2) is 23.3 Å². The van der Waals surface area contributed by atoms with E-state index in [1.165, 1.54) is 0 Å². The number of carbonyl (C=O) groups excluding carboxylic acids is 2. The summed E-state index contributed by atoms with van der Waals surface area (Å²) in [6, 6.07) is 0. The number of aliphatic hydroxyl groups is 3. The molecule has 0 aliphatic carbocycles. The number of hydrogen-bond acceptors (Lipinski definition) is 6. The van der Waals surface area contributed by atoms with Crippen molar-refractivity contribution in [3.05, 3.63) is 0 Å². The molecular weight excluding hydrogens is 220 g/mol. The minimum Gasteiger partial charge on any atom is -0.479 e. The average molecular weight is 234 g/mol. The van der Waals surface area contributed by atoms with E-state index in [0.717, 1.165) is 13.8 Å². The number of aliphatic hydroxyl groups excluding tert-OH is 2. The van der Waals surface area contributed by atoms with Crippen LogP contribution in [0.15, 0.2) is 0 Å². The number of aliphatic carboxylic acids is 1. The lowest BCUT2D eigenvalue weighted by Gasteiger charge is -2.22. The summed E-state index contributed by atoms with van der Waals surface area (Å²) < 4.78 is 0. The first kappa shape index (κ1) is 14.7. The summed E-state index contributed by atoms with van der Waals surface area (Å²) in [6.07, 6.45) is -4.44. The van der Waals surface area contributed by atoms with Gasteiger partial charge < -0.3 is 20.4 Å². The van der Waals surface area contributed by atoms with Gasteiger partial charge in [-0.1, -0.05) is 0 Å². The van der Waals surface area contributed by atoms with Crippen molar-refractivity contribution in [2.45, 2.75) is 38.1 Å². The molecule has 3 unspecified atom stereocenters. The summed E-state index contributed by atoms with van der Waals surface area (Å²) in [6.45, 7) is 1.91. The zero-order valence-corrected chi connectivity index (χ0v) is 8.88. The maximum absolute atomic E-state index is 11.3. The van der Waals surface area contributed by atoms with E-state index < -0.39 is 41.8 Å².